The van der Waals surface area contributed by atoms with Gasteiger partial charge in [-0.3, -0.25) is 4.98 Å². The van der Waals surface area contributed by atoms with E-state index in [9.17, 15) is 0 Å². The highest BCUT2D eigenvalue weighted by Crippen LogP contribution is 2.32. The van der Waals surface area contributed by atoms with Crippen LogP contribution in [0.4, 0.5) is 0 Å². The van der Waals surface area contributed by atoms with Crippen molar-refractivity contribution in [1.29, 1.82) is 0 Å². The average Bonchev–Trinajstić information content (AvgIpc) is 2.46. The first-order valence-electron chi connectivity index (χ1n) is 6.59. The number of nitrogens with one attached hydrogen (secondary N) is 1. The molecule has 4 heteroatoms. The summed E-state index contributed by atoms with van der Waals surface area (Å²) in [5, 5.41) is 2.29. The Hall–Kier alpha value is -2.07. The maximum absolute atomic E-state index is 5.39. The minimum absolute atomic E-state index is 0.314. The van der Waals surface area contributed by atoms with Crippen LogP contribution in [0.2, 0.25) is 0 Å². The van der Waals surface area contributed by atoms with E-state index < -0.39 is 0 Å². The number of hydrogen-bond donors (Lipinski definition) is 1. The number of nitrogens with zero attached hydrogens (tertiary/aromatic N) is 2. The van der Waals surface area contributed by atoms with Crippen LogP contribution in [-0.2, 0) is 0 Å². The van der Waals surface area contributed by atoms with Crippen LogP contribution in [0, 0.1) is 4.64 Å². The summed E-state index contributed by atoms with van der Waals surface area (Å²) in [6.45, 7) is 4.26. The van der Waals surface area contributed by atoms with Crippen molar-refractivity contribution in [2.45, 2.75) is 19.8 Å². The van der Waals surface area contributed by atoms with Crippen LogP contribution < -0.4 is 0 Å². The lowest BCUT2D eigenvalue weighted by Crippen LogP contribution is -1.99. The van der Waals surface area contributed by atoms with Gasteiger partial charge in [0.05, 0.1) is 12.0 Å². The van der Waals surface area contributed by atoms with E-state index in [1.54, 1.807) is 6.33 Å². The molecule has 0 saturated carbocycles. The molecule has 3 rings (SSSR count). The molecule has 0 aliphatic rings. The summed E-state index contributed by atoms with van der Waals surface area (Å²) in [5.41, 5.74) is 3.24. The lowest BCUT2D eigenvalue weighted by Gasteiger charge is -2.14. The average molecular weight is 281 g/mol. The SMILES string of the molecule is CC(C)c1c(-c2cccc3ccncc23)[nH]cnc1=S. The van der Waals surface area contributed by atoms with Crippen molar-refractivity contribution in [2.24, 2.45) is 0 Å². The largest absolute Gasteiger partial charge is 0.346 e. The van der Waals surface area contributed by atoms with Gasteiger partial charge in [-0.15, -0.1) is 0 Å². The van der Waals surface area contributed by atoms with Crippen molar-refractivity contribution in [3.63, 3.8) is 0 Å². The number of rotatable bonds is 2. The molecule has 3 nitrogen and oxygen atoms in total. The second-order valence-corrected chi connectivity index (χ2v) is 5.44. The van der Waals surface area contributed by atoms with Crippen LogP contribution in [0.1, 0.15) is 25.3 Å². The predicted octanol–water partition coefficient (Wildman–Crippen LogP) is 4.48. The summed E-state index contributed by atoms with van der Waals surface area (Å²) in [6, 6.07) is 8.25. The Balaban J connectivity index is 2.38. The zero-order valence-electron chi connectivity index (χ0n) is 11.4. The molecule has 1 aromatic carbocycles. The number of pyridine rings is 1. The van der Waals surface area contributed by atoms with Crippen molar-refractivity contribution in [3.05, 3.63) is 53.2 Å². The first-order valence-corrected chi connectivity index (χ1v) is 7.00. The second kappa shape index (κ2) is 5.13. The molecule has 0 aliphatic carbocycles. The summed E-state index contributed by atoms with van der Waals surface area (Å²) in [4.78, 5) is 11.7. The number of aromatic nitrogens is 3. The monoisotopic (exact) mass is 281 g/mol. The van der Waals surface area contributed by atoms with Crippen LogP contribution in [0.25, 0.3) is 22.0 Å². The van der Waals surface area contributed by atoms with Gasteiger partial charge >= 0.3 is 0 Å². The van der Waals surface area contributed by atoms with Crippen molar-refractivity contribution < 1.29 is 0 Å². The third kappa shape index (κ3) is 2.12. The van der Waals surface area contributed by atoms with Crippen LogP contribution >= 0.6 is 12.2 Å². The van der Waals surface area contributed by atoms with E-state index >= 15 is 0 Å². The molecule has 0 radical (unpaired) electrons. The number of hydrogen-bond acceptors (Lipinski definition) is 3. The highest BCUT2D eigenvalue weighted by atomic mass is 32.1. The molecule has 0 unspecified atom stereocenters. The van der Waals surface area contributed by atoms with E-state index in [4.69, 9.17) is 12.2 Å². The summed E-state index contributed by atoms with van der Waals surface area (Å²) < 4.78 is 0.662. The smallest absolute Gasteiger partial charge is 0.133 e. The standard InChI is InChI=1S/C16H15N3S/c1-10(2)14-15(18-9-19-16(14)20)12-5-3-4-11-6-7-17-8-13(11)12/h3-10H,1-2H3,(H,18,19,20). The zero-order chi connectivity index (χ0) is 14.1. The highest BCUT2D eigenvalue weighted by molar-refractivity contribution is 7.71. The van der Waals surface area contributed by atoms with Gasteiger partial charge in [0.1, 0.15) is 4.64 Å². The number of aromatic amines is 1. The van der Waals surface area contributed by atoms with E-state index in [1.165, 1.54) is 5.39 Å². The van der Waals surface area contributed by atoms with Gasteiger partial charge in [-0.05, 0) is 17.4 Å². The first kappa shape index (κ1) is 12.9. The minimum atomic E-state index is 0.314. The van der Waals surface area contributed by atoms with Gasteiger partial charge in [0.25, 0.3) is 0 Å². The summed E-state index contributed by atoms with van der Waals surface area (Å²) in [6.07, 6.45) is 5.37. The lowest BCUT2D eigenvalue weighted by atomic mass is 9.96. The predicted molar refractivity (Wildman–Crippen MR) is 84.2 cm³/mol. The molecule has 0 spiro atoms. The molecule has 0 saturated heterocycles. The van der Waals surface area contributed by atoms with E-state index in [0.29, 0.717) is 10.6 Å². The quantitative estimate of drug-likeness (QED) is 0.704. The van der Waals surface area contributed by atoms with Gasteiger partial charge in [-0.2, -0.15) is 0 Å². The molecule has 20 heavy (non-hydrogen) atoms. The van der Waals surface area contributed by atoms with E-state index in [-0.39, 0.29) is 0 Å². The Labute approximate surface area is 122 Å². The van der Waals surface area contributed by atoms with Crippen LogP contribution in [0.15, 0.2) is 43.0 Å². The van der Waals surface area contributed by atoms with Crippen molar-refractivity contribution in [2.75, 3.05) is 0 Å². The molecule has 0 amide bonds. The molecule has 1 N–H and O–H groups in total. The highest BCUT2D eigenvalue weighted by Gasteiger charge is 2.13. The molecule has 3 aromatic rings. The summed E-state index contributed by atoms with van der Waals surface area (Å²) in [7, 11) is 0. The summed E-state index contributed by atoms with van der Waals surface area (Å²) >= 11 is 5.39. The molecule has 0 fully saturated rings. The van der Waals surface area contributed by atoms with E-state index in [1.807, 2.05) is 18.5 Å². The van der Waals surface area contributed by atoms with Gasteiger partial charge in [0.2, 0.25) is 0 Å². The Morgan fingerprint density at radius 3 is 2.85 bits per heavy atom. The Kier molecular flexibility index (Phi) is 3.32. The Morgan fingerprint density at radius 2 is 2.05 bits per heavy atom. The fourth-order valence-corrected chi connectivity index (χ4v) is 2.89. The maximum Gasteiger partial charge on any atom is 0.133 e. The van der Waals surface area contributed by atoms with Gasteiger partial charge in [-0.25, -0.2) is 4.98 Å². The van der Waals surface area contributed by atoms with Crippen molar-refractivity contribution >= 4 is 23.0 Å². The summed E-state index contributed by atoms with van der Waals surface area (Å²) in [5.74, 6) is 0.314. The Bertz CT molecular complexity index is 816. The molecule has 0 bridgehead atoms. The van der Waals surface area contributed by atoms with E-state index in [2.05, 4.69) is 47.0 Å². The normalized spacial score (nSPS) is 11.2. The van der Waals surface area contributed by atoms with Gasteiger partial charge in [0, 0.05) is 28.9 Å². The number of fused-ring (bicyclic) bond motifs is 1. The zero-order valence-corrected chi connectivity index (χ0v) is 12.2. The van der Waals surface area contributed by atoms with Gasteiger partial charge < -0.3 is 4.98 Å². The van der Waals surface area contributed by atoms with Crippen LogP contribution in [0.3, 0.4) is 0 Å². The molecule has 100 valence electrons. The third-order valence-electron chi connectivity index (χ3n) is 3.42. The molecular formula is C16H15N3S. The van der Waals surface area contributed by atoms with Crippen molar-refractivity contribution in [3.8, 4) is 11.3 Å². The second-order valence-electron chi connectivity index (χ2n) is 5.05. The number of benzene rings is 1. The molecule has 0 atom stereocenters. The van der Waals surface area contributed by atoms with Gasteiger partial charge in [0.15, 0.2) is 0 Å². The lowest BCUT2D eigenvalue weighted by molar-refractivity contribution is 0.844. The van der Waals surface area contributed by atoms with Crippen molar-refractivity contribution in [1.82, 2.24) is 15.0 Å². The maximum atomic E-state index is 5.39. The molecular weight excluding hydrogens is 266 g/mol. The van der Waals surface area contributed by atoms with Gasteiger partial charge in [-0.1, -0.05) is 44.3 Å². The Morgan fingerprint density at radius 1 is 1.20 bits per heavy atom. The molecule has 2 aromatic heterocycles. The topological polar surface area (TPSA) is 41.6 Å². The fraction of sp³-hybridized carbons (Fsp3) is 0.188. The minimum Gasteiger partial charge on any atom is -0.346 e. The third-order valence-corrected chi connectivity index (χ3v) is 3.75. The van der Waals surface area contributed by atoms with Crippen LogP contribution in [-0.4, -0.2) is 15.0 Å². The van der Waals surface area contributed by atoms with E-state index in [0.717, 1.165) is 22.2 Å². The molecule has 2 heterocycles. The first-order chi connectivity index (χ1) is 9.68. The number of H-pyrrole nitrogens is 1. The fourth-order valence-electron chi connectivity index (χ4n) is 2.50. The van der Waals surface area contributed by atoms with Crippen LogP contribution in [0.5, 0.6) is 0 Å². The molecule has 0 aliphatic heterocycles.